The number of aliphatic hydroxyl groups excluding tert-OH is 1. The molecule has 0 heterocycles. The predicted octanol–water partition coefficient (Wildman–Crippen LogP) is 4.43. The standard InChI is InChI=1S/C19H22O2/c1-2-13-21-18-10-6-5-9-17(18)19(20)16-8-4-3-7-15(16)14-11-12-14/h3-10,14,19-20H,2,11-13H2,1H3. The maximum Gasteiger partial charge on any atom is 0.125 e. The molecule has 3 rings (SSSR count). The fraction of sp³-hybridized carbons (Fsp3) is 0.368. The molecule has 2 heteroatoms. The van der Waals surface area contributed by atoms with Gasteiger partial charge in [-0.05, 0) is 42.4 Å². The molecule has 1 fully saturated rings. The van der Waals surface area contributed by atoms with Gasteiger partial charge in [-0.25, -0.2) is 0 Å². The Morgan fingerprint density at radius 2 is 1.71 bits per heavy atom. The fourth-order valence-electron chi connectivity index (χ4n) is 2.74. The molecule has 0 aromatic heterocycles. The molecule has 0 radical (unpaired) electrons. The van der Waals surface area contributed by atoms with Gasteiger partial charge in [0, 0.05) is 5.56 Å². The number of hydrogen-bond donors (Lipinski definition) is 1. The van der Waals surface area contributed by atoms with Crippen LogP contribution in [0.5, 0.6) is 5.75 Å². The minimum Gasteiger partial charge on any atom is -0.493 e. The van der Waals surface area contributed by atoms with Crippen molar-refractivity contribution in [3.05, 3.63) is 65.2 Å². The normalized spacial score (nSPS) is 15.7. The highest BCUT2D eigenvalue weighted by Gasteiger charge is 2.28. The van der Waals surface area contributed by atoms with Gasteiger partial charge in [0.2, 0.25) is 0 Å². The van der Waals surface area contributed by atoms with Crippen LogP contribution >= 0.6 is 0 Å². The first-order valence-corrected chi connectivity index (χ1v) is 7.80. The van der Waals surface area contributed by atoms with Crippen LogP contribution in [0.1, 0.15) is 54.9 Å². The Morgan fingerprint density at radius 3 is 2.43 bits per heavy atom. The lowest BCUT2D eigenvalue weighted by Gasteiger charge is -2.19. The van der Waals surface area contributed by atoms with Crippen LogP contribution in [0.2, 0.25) is 0 Å². The molecule has 2 aromatic rings. The van der Waals surface area contributed by atoms with E-state index >= 15 is 0 Å². The number of hydrogen-bond acceptors (Lipinski definition) is 2. The number of ether oxygens (including phenoxy) is 1. The van der Waals surface area contributed by atoms with E-state index in [1.54, 1.807) is 0 Å². The van der Waals surface area contributed by atoms with Gasteiger partial charge in [-0.3, -0.25) is 0 Å². The Morgan fingerprint density at radius 1 is 1.05 bits per heavy atom. The van der Waals surface area contributed by atoms with Crippen molar-refractivity contribution in [3.8, 4) is 5.75 Å². The lowest BCUT2D eigenvalue weighted by atomic mass is 9.94. The van der Waals surface area contributed by atoms with Crippen molar-refractivity contribution in [2.45, 2.75) is 38.2 Å². The van der Waals surface area contributed by atoms with Crippen LogP contribution in [0.4, 0.5) is 0 Å². The summed E-state index contributed by atoms with van der Waals surface area (Å²) in [6.07, 6.45) is 2.81. The Hall–Kier alpha value is -1.80. The summed E-state index contributed by atoms with van der Waals surface area (Å²) in [5.74, 6) is 1.41. The van der Waals surface area contributed by atoms with Crippen LogP contribution in [-0.2, 0) is 0 Å². The van der Waals surface area contributed by atoms with Crippen LogP contribution in [-0.4, -0.2) is 11.7 Å². The van der Waals surface area contributed by atoms with Crippen LogP contribution < -0.4 is 4.74 Å². The summed E-state index contributed by atoms with van der Waals surface area (Å²) in [6.45, 7) is 2.76. The minimum absolute atomic E-state index is 0.616. The molecule has 0 bridgehead atoms. The molecule has 1 atom stereocenters. The Kier molecular flexibility index (Phi) is 4.26. The van der Waals surface area contributed by atoms with E-state index in [0.717, 1.165) is 23.3 Å². The zero-order chi connectivity index (χ0) is 14.7. The molecule has 2 aromatic carbocycles. The summed E-state index contributed by atoms with van der Waals surface area (Å²) < 4.78 is 5.78. The third-order valence-electron chi connectivity index (χ3n) is 3.98. The quantitative estimate of drug-likeness (QED) is 0.849. The van der Waals surface area contributed by atoms with Crippen molar-refractivity contribution in [1.82, 2.24) is 0 Å². The van der Waals surface area contributed by atoms with Crippen LogP contribution in [0.15, 0.2) is 48.5 Å². The van der Waals surface area contributed by atoms with Crippen LogP contribution in [0.25, 0.3) is 0 Å². The van der Waals surface area contributed by atoms with Gasteiger partial charge in [-0.15, -0.1) is 0 Å². The zero-order valence-corrected chi connectivity index (χ0v) is 12.5. The third kappa shape index (κ3) is 3.11. The molecule has 0 amide bonds. The minimum atomic E-state index is -0.616. The average Bonchev–Trinajstić information content (AvgIpc) is 3.37. The maximum atomic E-state index is 10.8. The Labute approximate surface area is 126 Å². The van der Waals surface area contributed by atoms with Crippen molar-refractivity contribution in [2.75, 3.05) is 6.61 Å². The molecule has 1 aliphatic carbocycles. The molecule has 1 unspecified atom stereocenters. The van der Waals surface area contributed by atoms with E-state index in [2.05, 4.69) is 19.1 Å². The van der Waals surface area contributed by atoms with Gasteiger partial charge in [0.25, 0.3) is 0 Å². The summed E-state index contributed by atoms with van der Waals surface area (Å²) in [5, 5.41) is 10.8. The molecule has 0 aliphatic heterocycles. The number of para-hydroxylation sites is 1. The topological polar surface area (TPSA) is 29.5 Å². The second-order valence-corrected chi connectivity index (χ2v) is 5.69. The SMILES string of the molecule is CCCOc1ccccc1C(O)c1ccccc1C1CC1. The lowest BCUT2D eigenvalue weighted by Crippen LogP contribution is -2.06. The number of benzene rings is 2. The summed E-state index contributed by atoms with van der Waals surface area (Å²) in [7, 11) is 0. The van der Waals surface area contributed by atoms with Crippen molar-refractivity contribution >= 4 is 0 Å². The molecule has 1 aliphatic rings. The number of aliphatic hydroxyl groups is 1. The first kappa shape index (κ1) is 14.2. The van der Waals surface area contributed by atoms with Crippen molar-refractivity contribution in [2.24, 2.45) is 0 Å². The molecule has 1 N–H and O–H groups in total. The van der Waals surface area contributed by atoms with Crippen molar-refractivity contribution < 1.29 is 9.84 Å². The van der Waals surface area contributed by atoms with E-state index in [9.17, 15) is 5.11 Å². The summed E-state index contributed by atoms with van der Waals surface area (Å²) in [6, 6.07) is 16.0. The van der Waals surface area contributed by atoms with Gasteiger partial charge in [0.15, 0.2) is 0 Å². The van der Waals surface area contributed by atoms with Gasteiger partial charge in [0.05, 0.1) is 6.61 Å². The Balaban J connectivity index is 1.93. The van der Waals surface area contributed by atoms with E-state index in [1.165, 1.54) is 18.4 Å². The van der Waals surface area contributed by atoms with Gasteiger partial charge >= 0.3 is 0 Å². The monoisotopic (exact) mass is 282 g/mol. The van der Waals surface area contributed by atoms with E-state index in [4.69, 9.17) is 4.74 Å². The third-order valence-corrected chi connectivity index (χ3v) is 3.98. The van der Waals surface area contributed by atoms with Crippen LogP contribution in [0, 0.1) is 0 Å². The molecular weight excluding hydrogens is 260 g/mol. The first-order valence-electron chi connectivity index (χ1n) is 7.80. The van der Waals surface area contributed by atoms with E-state index in [1.807, 2.05) is 36.4 Å². The molecule has 110 valence electrons. The van der Waals surface area contributed by atoms with E-state index < -0.39 is 6.10 Å². The largest absolute Gasteiger partial charge is 0.493 e. The summed E-state index contributed by atoms with van der Waals surface area (Å²) in [5.41, 5.74) is 3.17. The number of rotatable bonds is 6. The summed E-state index contributed by atoms with van der Waals surface area (Å²) >= 11 is 0. The molecular formula is C19H22O2. The van der Waals surface area contributed by atoms with Gasteiger partial charge in [-0.2, -0.15) is 0 Å². The highest BCUT2D eigenvalue weighted by molar-refractivity contribution is 5.44. The summed E-state index contributed by atoms with van der Waals surface area (Å²) in [4.78, 5) is 0. The molecule has 1 saturated carbocycles. The van der Waals surface area contributed by atoms with E-state index in [-0.39, 0.29) is 0 Å². The molecule has 0 spiro atoms. The Bertz CT molecular complexity index is 602. The zero-order valence-electron chi connectivity index (χ0n) is 12.5. The molecule has 21 heavy (non-hydrogen) atoms. The maximum absolute atomic E-state index is 10.8. The average molecular weight is 282 g/mol. The lowest BCUT2D eigenvalue weighted by molar-refractivity contribution is 0.209. The second kappa shape index (κ2) is 6.31. The van der Waals surface area contributed by atoms with Crippen molar-refractivity contribution in [3.63, 3.8) is 0 Å². The van der Waals surface area contributed by atoms with Crippen LogP contribution in [0.3, 0.4) is 0 Å². The first-order chi connectivity index (χ1) is 10.3. The fourth-order valence-corrected chi connectivity index (χ4v) is 2.74. The molecule has 0 saturated heterocycles. The van der Waals surface area contributed by atoms with Gasteiger partial charge in [0.1, 0.15) is 11.9 Å². The second-order valence-electron chi connectivity index (χ2n) is 5.69. The predicted molar refractivity (Wildman–Crippen MR) is 84.7 cm³/mol. The van der Waals surface area contributed by atoms with Crippen molar-refractivity contribution in [1.29, 1.82) is 0 Å². The van der Waals surface area contributed by atoms with Gasteiger partial charge in [-0.1, -0.05) is 49.4 Å². The molecule has 2 nitrogen and oxygen atoms in total. The highest BCUT2D eigenvalue weighted by atomic mass is 16.5. The van der Waals surface area contributed by atoms with Gasteiger partial charge < -0.3 is 9.84 Å². The highest BCUT2D eigenvalue weighted by Crippen LogP contribution is 2.44. The smallest absolute Gasteiger partial charge is 0.125 e. The van der Waals surface area contributed by atoms with E-state index in [0.29, 0.717) is 12.5 Å².